The molecule has 0 saturated heterocycles. The van der Waals surface area contributed by atoms with Crippen molar-refractivity contribution in [3.05, 3.63) is 59.5 Å². The number of hydrogen-bond donors (Lipinski definition) is 2. The van der Waals surface area contributed by atoms with Gasteiger partial charge in [0, 0.05) is 35.9 Å². The fourth-order valence-corrected chi connectivity index (χ4v) is 2.98. The van der Waals surface area contributed by atoms with Crippen LogP contribution in [0.1, 0.15) is 21.9 Å². The number of aromatic hydroxyl groups is 1. The summed E-state index contributed by atoms with van der Waals surface area (Å²) in [5.41, 5.74) is 1.18. The van der Waals surface area contributed by atoms with E-state index in [0.717, 1.165) is 5.56 Å². The summed E-state index contributed by atoms with van der Waals surface area (Å²) < 4.78 is 26.9. The standard InChI is InChI=1S/C22H23NO7/c1-26-15-11-20(28-3)16(21(12-15)29-4)10-14-6-8-19(30-14)22(25)23-13-5-7-18(27-2)17(24)9-13/h5-9,11-12,24H,10H2,1-4H3,(H,23,25). The number of benzene rings is 2. The van der Waals surface area contributed by atoms with Gasteiger partial charge < -0.3 is 33.8 Å². The number of amides is 1. The molecule has 0 aliphatic rings. The largest absolute Gasteiger partial charge is 0.504 e. The lowest BCUT2D eigenvalue weighted by Gasteiger charge is -2.14. The average Bonchev–Trinajstić information content (AvgIpc) is 3.22. The molecule has 0 radical (unpaired) electrons. The third-order valence-corrected chi connectivity index (χ3v) is 4.49. The second kappa shape index (κ2) is 9.13. The zero-order valence-electron chi connectivity index (χ0n) is 17.1. The summed E-state index contributed by atoms with van der Waals surface area (Å²) in [6, 6.07) is 11.4. The maximum Gasteiger partial charge on any atom is 0.291 e. The molecule has 1 amide bonds. The Labute approximate surface area is 173 Å². The number of hydrogen-bond acceptors (Lipinski definition) is 7. The summed E-state index contributed by atoms with van der Waals surface area (Å²) in [6.07, 6.45) is 0.354. The molecule has 0 aliphatic carbocycles. The fraction of sp³-hybridized carbons (Fsp3) is 0.227. The minimum absolute atomic E-state index is 0.0749. The predicted molar refractivity (Wildman–Crippen MR) is 110 cm³/mol. The molecule has 2 aromatic carbocycles. The molecule has 8 nitrogen and oxygen atoms in total. The molecule has 0 aliphatic heterocycles. The van der Waals surface area contributed by atoms with Crippen molar-refractivity contribution in [1.29, 1.82) is 0 Å². The van der Waals surface area contributed by atoms with Crippen LogP contribution in [0.3, 0.4) is 0 Å². The number of anilines is 1. The molecule has 0 saturated carbocycles. The highest BCUT2D eigenvalue weighted by Crippen LogP contribution is 2.36. The lowest BCUT2D eigenvalue weighted by molar-refractivity contribution is 0.0995. The summed E-state index contributed by atoms with van der Waals surface area (Å²) in [7, 11) is 6.13. The SMILES string of the molecule is COc1cc(OC)c(Cc2ccc(C(=O)Nc3ccc(OC)c(O)c3)o2)c(OC)c1. The minimum Gasteiger partial charge on any atom is -0.504 e. The van der Waals surface area contributed by atoms with Crippen molar-refractivity contribution in [2.24, 2.45) is 0 Å². The lowest BCUT2D eigenvalue weighted by atomic mass is 10.1. The number of furan rings is 1. The van der Waals surface area contributed by atoms with Gasteiger partial charge in [-0.15, -0.1) is 0 Å². The maximum atomic E-state index is 12.5. The van der Waals surface area contributed by atoms with Gasteiger partial charge in [-0.05, 0) is 24.3 Å². The van der Waals surface area contributed by atoms with Gasteiger partial charge in [-0.2, -0.15) is 0 Å². The summed E-state index contributed by atoms with van der Waals surface area (Å²) in [5.74, 6) is 2.26. The van der Waals surface area contributed by atoms with E-state index >= 15 is 0 Å². The van der Waals surface area contributed by atoms with E-state index in [4.69, 9.17) is 23.4 Å². The van der Waals surface area contributed by atoms with Gasteiger partial charge in [0.2, 0.25) is 0 Å². The molecule has 3 aromatic rings. The molecular formula is C22H23NO7. The van der Waals surface area contributed by atoms with E-state index in [-0.39, 0.29) is 11.5 Å². The Bertz CT molecular complexity index is 1020. The van der Waals surface area contributed by atoms with Crippen LogP contribution in [0.2, 0.25) is 0 Å². The molecule has 0 spiro atoms. The Kier molecular flexibility index (Phi) is 6.36. The monoisotopic (exact) mass is 413 g/mol. The lowest BCUT2D eigenvalue weighted by Crippen LogP contribution is -2.10. The summed E-state index contributed by atoms with van der Waals surface area (Å²) in [5, 5.41) is 12.5. The first-order valence-electron chi connectivity index (χ1n) is 9.05. The summed E-state index contributed by atoms with van der Waals surface area (Å²) in [6.45, 7) is 0. The van der Waals surface area contributed by atoms with Crippen LogP contribution in [0.4, 0.5) is 5.69 Å². The number of rotatable bonds is 8. The van der Waals surface area contributed by atoms with Gasteiger partial charge in [0.15, 0.2) is 17.3 Å². The average molecular weight is 413 g/mol. The van der Waals surface area contributed by atoms with Crippen molar-refractivity contribution in [2.75, 3.05) is 33.8 Å². The molecule has 0 unspecified atom stereocenters. The molecule has 8 heteroatoms. The van der Waals surface area contributed by atoms with Crippen LogP contribution in [0, 0.1) is 0 Å². The first-order valence-corrected chi connectivity index (χ1v) is 9.05. The predicted octanol–water partition coefficient (Wildman–Crippen LogP) is 3.86. The minimum atomic E-state index is -0.445. The normalized spacial score (nSPS) is 10.4. The molecule has 1 aromatic heterocycles. The van der Waals surface area contributed by atoms with Gasteiger partial charge in [-0.25, -0.2) is 0 Å². The maximum absolute atomic E-state index is 12.5. The zero-order valence-corrected chi connectivity index (χ0v) is 17.1. The van der Waals surface area contributed by atoms with E-state index in [9.17, 15) is 9.90 Å². The Balaban J connectivity index is 1.78. The topological polar surface area (TPSA) is 99.4 Å². The molecule has 158 valence electrons. The van der Waals surface area contributed by atoms with Crippen LogP contribution in [0.25, 0.3) is 0 Å². The number of methoxy groups -OCH3 is 4. The number of nitrogens with one attached hydrogen (secondary N) is 1. The first-order chi connectivity index (χ1) is 14.5. The van der Waals surface area contributed by atoms with E-state index in [1.807, 2.05) is 0 Å². The van der Waals surface area contributed by atoms with Gasteiger partial charge >= 0.3 is 0 Å². The van der Waals surface area contributed by atoms with Crippen molar-refractivity contribution >= 4 is 11.6 Å². The van der Waals surface area contributed by atoms with Crippen molar-refractivity contribution in [3.8, 4) is 28.7 Å². The Hall–Kier alpha value is -3.81. The van der Waals surface area contributed by atoms with Gasteiger partial charge in [-0.3, -0.25) is 4.79 Å². The summed E-state index contributed by atoms with van der Waals surface area (Å²) in [4.78, 5) is 12.5. The number of carbonyl (C=O) groups is 1. The van der Waals surface area contributed by atoms with Gasteiger partial charge in [0.25, 0.3) is 5.91 Å². The van der Waals surface area contributed by atoms with E-state index in [2.05, 4.69) is 5.32 Å². The van der Waals surface area contributed by atoms with Crippen molar-refractivity contribution in [3.63, 3.8) is 0 Å². The third kappa shape index (κ3) is 4.43. The van der Waals surface area contributed by atoms with E-state index in [1.54, 1.807) is 57.7 Å². The van der Waals surface area contributed by atoms with Gasteiger partial charge in [0.05, 0.1) is 28.4 Å². The Morgan fingerprint density at radius 1 is 0.900 bits per heavy atom. The molecule has 3 rings (SSSR count). The molecule has 1 heterocycles. The van der Waals surface area contributed by atoms with Crippen molar-refractivity contribution in [2.45, 2.75) is 6.42 Å². The molecular weight excluding hydrogens is 390 g/mol. The number of carbonyl (C=O) groups excluding carboxylic acids is 1. The van der Waals surface area contributed by atoms with Crippen LogP contribution < -0.4 is 24.3 Å². The first kappa shape index (κ1) is 20.9. The molecule has 0 atom stereocenters. The highest BCUT2D eigenvalue weighted by Gasteiger charge is 2.18. The van der Waals surface area contributed by atoms with Crippen LogP contribution >= 0.6 is 0 Å². The van der Waals surface area contributed by atoms with Crippen LogP contribution in [0.5, 0.6) is 28.7 Å². The van der Waals surface area contributed by atoms with Crippen LogP contribution in [0.15, 0.2) is 46.9 Å². The van der Waals surface area contributed by atoms with E-state index in [1.165, 1.54) is 13.2 Å². The van der Waals surface area contributed by atoms with E-state index in [0.29, 0.717) is 40.9 Å². The smallest absolute Gasteiger partial charge is 0.291 e. The fourth-order valence-electron chi connectivity index (χ4n) is 2.98. The zero-order chi connectivity index (χ0) is 21.7. The number of phenolic OH excluding ortho intramolecular Hbond substituents is 1. The highest BCUT2D eigenvalue weighted by atomic mass is 16.5. The number of phenols is 1. The van der Waals surface area contributed by atoms with Crippen molar-refractivity contribution in [1.82, 2.24) is 0 Å². The molecule has 2 N–H and O–H groups in total. The van der Waals surface area contributed by atoms with Gasteiger partial charge in [0.1, 0.15) is 23.0 Å². The highest BCUT2D eigenvalue weighted by molar-refractivity contribution is 6.02. The van der Waals surface area contributed by atoms with Crippen LogP contribution in [-0.4, -0.2) is 39.5 Å². The Morgan fingerprint density at radius 2 is 1.57 bits per heavy atom. The third-order valence-electron chi connectivity index (χ3n) is 4.49. The Morgan fingerprint density at radius 3 is 2.13 bits per heavy atom. The van der Waals surface area contributed by atoms with Gasteiger partial charge in [-0.1, -0.05) is 0 Å². The second-order valence-electron chi connectivity index (χ2n) is 6.29. The van der Waals surface area contributed by atoms with Crippen molar-refractivity contribution < 1.29 is 33.3 Å². The quantitative estimate of drug-likeness (QED) is 0.578. The van der Waals surface area contributed by atoms with Crippen LogP contribution in [-0.2, 0) is 6.42 Å². The second-order valence-corrected chi connectivity index (χ2v) is 6.29. The van der Waals surface area contributed by atoms with E-state index < -0.39 is 5.91 Å². The molecule has 0 bridgehead atoms. The summed E-state index contributed by atoms with van der Waals surface area (Å²) >= 11 is 0. The number of ether oxygens (including phenoxy) is 4. The molecule has 0 fully saturated rings. The molecule has 30 heavy (non-hydrogen) atoms.